The summed E-state index contributed by atoms with van der Waals surface area (Å²) in [5, 5.41) is 11.5. The van der Waals surface area contributed by atoms with Crippen LogP contribution in [0.2, 0.25) is 0 Å². The number of amides is 1. The van der Waals surface area contributed by atoms with Crippen molar-refractivity contribution >= 4 is 22.6 Å². The number of nitrogens with zero attached hydrogens (tertiary/aromatic N) is 4. The van der Waals surface area contributed by atoms with Crippen LogP contribution < -0.4 is 15.0 Å². The summed E-state index contributed by atoms with van der Waals surface area (Å²) in [6, 6.07) is 9.46. The first kappa shape index (κ1) is 27.5. The first-order valence-electron chi connectivity index (χ1n) is 13.8. The van der Waals surface area contributed by atoms with Gasteiger partial charge in [-0.15, -0.1) is 0 Å². The van der Waals surface area contributed by atoms with Gasteiger partial charge in [-0.05, 0) is 36.8 Å². The Balaban J connectivity index is 1.39. The molecule has 3 aromatic heterocycles. The first-order valence-corrected chi connectivity index (χ1v) is 13.8. The lowest BCUT2D eigenvalue weighted by atomic mass is 10.0. The largest absolute Gasteiger partial charge is 0.483 e. The Morgan fingerprint density at radius 2 is 1.86 bits per heavy atom. The molecule has 0 saturated carbocycles. The van der Waals surface area contributed by atoms with Gasteiger partial charge in [0.15, 0.2) is 6.61 Å². The van der Waals surface area contributed by atoms with Gasteiger partial charge in [-0.3, -0.25) is 4.79 Å². The van der Waals surface area contributed by atoms with E-state index in [9.17, 15) is 9.18 Å². The van der Waals surface area contributed by atoms with E-state index in [-0.39, 0.29) is 18.3 Å². The van der Waals surface area contributed by atoms with Gasteiger partial charge in [0.25, 0.3) is 11.8 Å². The molecule has 1 saturated heterocycles. The number of hydrogen-bond donors (Lipinski definition) is 1. The van der Waals surface area contributed by atoms with Gasteiger partial charge in [-0.1, -0.05) is 24.2 Å². The van der Waals surface area contributed by atoms with E-state index in [1.807, 2.05) is 19.9 Å². The number of benzene rings is 2. The molecule has 0 unspecified atom stereocenters. The van der Waals surface area contributed by atoms with Crippen LogP contribution in [-0.4, -0.2) is 54.6 Å². The van der Waals surface area contributed by atoms with E-state index in [0.29, 0.717) is 90.2 Å². The molecule has 0 spiro atoms. The summed E-state index contributed by atoms with van der Waals surface area (Å²) in [7, 11) is 1.55. The zero-order valence-corrected chi connectivity index (χ0v) is 23.5. The van der Waals surface area contributed by atoms with Crippen LogP contribution in [0.25, 0.3) is 33.7 Å². The standard InChI is InChI=1S/C30H30FN5O6/c1-4-20-27(22(5-2)41-34-20)30-33-25(35-42-30)16-39-24-14-19-23(15-21(24)36-10-12-38-13-11-36)40-28(26(19)29(37)32-3)17-6-8-18(31)9-7-17/h6-9,14-15H,4-5,10-13,16H2,1-3H3,(H,32,37). The SMILES string of the molecule is CCc1noc(CC)c1-c1nc(COc2cc3c(C(=O)NC)c(-c4ccc(F)cc4)oc3cc2N2CCOCC2)no1. The summed E-state index contributed by atoms with van der Waals surface area (Å²) in [4.78, 5) is 19.8. The molecule has 6 rings (SSSR count). The molecule has 0 radical (unpaired) electrons. The van der Waals surface area contributed by atoms with Crippen molar-refractivity contribution in [1.29, 1.82) is 0 Å². The van der Waals surface area contributed by atoms with Crippen molar-refractivity contribution < 1.29 is 32.1 Å². The summed E-state index contributed by atoms with van der Waals surface area (Å²) >= 11 is 0. The van der Waals surface area contributed by atoms with E-state index in [1.54, 1.807) is 25.2 Å². The van der Waals surface area contributed by atoms with Crippen molar-refractivity contribution in [3.05, 3.63) is 65.1 Å². The van der Waals surface area contributed by atoms with E-state index in [4.69, 9.17) is 22.9 Å². The molecule has 218 valence electrons. The molecule has 2 aromatic carbocycles. The number of carbonyl (C=O) groups excluding carboxylic acids is 1. The van der Waals surface area contributed by atoms with Crippen LogP contribution in [0.1, 0.15) is 41.5 Å². The van der Waals surface area contributed by atoms with E-state index in [1.165, 1.54) is 12.1 Å². The van der Waals surface area contributed by atoms with Crippen molar-refractivity contribution in [2.24, 2.45) is 0 Å². The third-order valence-corrected chi connectivity index (χ3v) is 7.21. The number of aryl methyl sites for hydroxylation is 2. The van der Waals surface area contributed by atoms with E-state index in [2.05, 4.69) is 25.5 Å². The Morgan fingerprint density at radius 3 is 2.57 bits per heavy atom. The lowest BCUT2D eigenvalue weighted by molar-refractivity contribution is 0.0964. The van der Waals surface area contributed by atoms with E-state index in [0.717, 1.165) is 16.9 Å². The van der Waals surface area contributed by atoms with Crippen LogP contribution in [0, 0.1) is 5.82 Å². The van der Waals surface area contributed by atoms with Gasteiger partial charge >= 0.3 is 0 Å². The highest BCUT2D eigenvalue weighted by Crippen LogP contribution is 2.41. The number of nitrogens with one attached hydrogen (secondary N) is 1. The van der Waals surface area contributed by atoms with Gasteiger partial charge in [0, 0.05) is 43.6 Å². The monoisotopic (exact) mass is 575 g/mol. The maximum absolute atomic E-state index is 13.7. The number of halogens is 1. The minimum absolute atomic E-state index is 0.0124. The highest BCUT2D eigenvalue weighted by molar-refractivity contribution is 6.12. The number of carbonyl (C=O) groups is 1. The topological polar surface area (TPSA) is 129 Å². The van der Waals surface area contributed by atoms with Crippen molar-refractivity contribution in [1.82, 2.24) is 20.6 Å². The number of hydrogen-bond acceptors (Lipinski definition) is 10. The summed E-state index contributed by atoms with van der Waals surface area (Å²) in [5.74, 6) is 1.48. The number of anilines is 1. The molecular formula is C30H30FN5O6. The van der Waals surface area contributed by atoms with Gasteiger partial charge < -0.3 is 33.2 Å². The van der Waals surface area contributed by atoms with Gasteiger partial charge in [0.05, 0.1) is 30.2 Å². The predicted molar refractivity (Wildman–Crippen MR) is 151 cm³/mol. The molecule has 11 nitrogen and oxygen atoms in total. The molecule has 1 fully saturated rings. The van der Waals surface area contributed by atoms with Crippen LogP contribution in [0.4, 0.5) is 10.1 Å². The van der Waals surface area contributed by atoms with Crippen molar-refractivity contribution in [2.45, 2.75) is 33.3 Å². The third-order valence-electron chi connectivity index (χ3n) is 7.21. The van der Waals surface area contributed by atoms with E-state index >= 15 is 0 Å². The number of furan rings is 1. The summed E-state index contributed by atoms with van der Waals surface area (Å²) in [6.45, 7) is 6.38. The molecule has 0 bridgehead atoms. The molecule has 4 heterocycles. The van der Waals surface area contributed by atoms with Crippen LogP contribution in [0.5, 0.6) is 5.75 Å². The lowest BCUT2D eigenvalue weighted by Gasteiger charge is -2.30. The van der Waals surface area contributed by atoms with Gasteiger partial charge in [-0.2, -0.15) is 4.98 Å². The zero-order chi connectivity index (χ0) is 29.2. The Labute approximate surface area is 240 Å². The Morgan fingerprint density at radius 1 is 1.07 bits per heavy atom. The molecule has 5 aromatic rings. The van der Waals surface area contributed by atoms with E-state index < -0.39 is 0 Å². The molecule has 1 amide bonds. The minimum atomic E-state index is -0.382. The van der Waals surface area contributed by atoms with Crippen LogP contribution >= 0.6 is 0 Å². The second-order valence-corrected chi connectivity index (χ2v) is 9.75. The third kappa shape index (κ3) is 5.09. The Bertz CT molecular complexity index is 1700. The molecule has 1 aliphatic rings. The average molecular weight is 576 g/mol. The quantitative estimate of drug-likeness (QED) is 0.251. The minimum Gasteiger partial charge on any atom is -0.483 e. The Kier molecular flexibility index (Phi) is 7.62. The summed E-state index contributed by atoms with van der Waals surface area (Å²) in [6.07, 6.45) is 1.30. The predicted octanol–water partition coefficient (Wildman–Crippen LogP) is 5.18. The highest BCUT2D eigenvalue weighted by Gasteiger charge is 2.26. The maximum atomic E-state index is 13.7. The Hall–Kier alpha value is -4.71. The lowest BCUT2D eigenvalue weighted by Crippen LogP contribution is -2.36. The van der Waals surface area contributed by atoms with Crippen molar-refractivity contribution in [3.8, 4) is 28.5 Å². The number of aromatic nitrogens is 3. The van der Waals surface area contributed by atoms with Crippen LogP contribution in [-0.2, 0) is 24.2 Å². The molecular weight excluding hydrogens is 545 g/mol. The molecule has 42 heavy (non-hydrogen) atoms. The number of fused-ring (bicyclic) bond motifs is 1. The molecule has 0 atom stereocenters. The smallest absolute Gasteiger partial charge is 0.263 e. The van der Waals surface area contributed by atoms with Crippen LogP contribution in [0.3, 0.4) is 0 Å². The maximum Gasteiger partial charge on any atom is 0.263 e. The average Bonchev–Trinajstić information content (AvgIpc) is 3.76. The highest BCUT2D eigenvalue weighted by atomic mass is 19.1. The normalized spacial score (nSPS) is 13.6. The fourth-order valence-corrected chi connectivity index (χ4v) is 5.08. The molecule has 1 aliphatic heterocycles. The number of morpholine rings is 1. The van der Waals surface area contributed by atoms with Gasteiger partial charge in [0.2, 0.25) is 5.82 Å². The summed E-state index contributed by atoms with van der Waals surface area (Å²) < 4.78 is 42.8. The van der Waals surface area contributed by atoms with Crippen molar-refractivity contribution in [3.63, 3.8) is 0 Å². The van der Waals surface area contributed by atoms with Crippen LogP contribution in [0.15, 0.2) is 49.9 Å². The van der Waals surface area contributed by atoms with Crippen molar-refractivity contribution in [2.75, 3.05) is 38.3 Å². The number of ether oxygens (including phenoxy) is 2. The molecule has 1 N–H and O–H groups in total. The second-order valence-electron chi connectivity index (χ2n) is 9.75. The summed E-state index contributed by atoms with van der Waals surface area (Å²) in [5.41, 5.74) is 3.64. The first-order chi connectivity index (χ1) is 20.5. The molecule has 0 aliphatic carbocycles. The zero-order valence-electron chi connectivity index (χ0n) is 23.5. The van der Waals surface area contributed by atoms with Gasteiger partial charge in [-0.25, -0.2) is 4.39 Å². The number of rotatable bonds is 9. The van der Waals surface area contributed by atoms with Gasteiger partial charge in [0.1, 0.15) is 34.2 Å². The fraction of sp³-hybridized carbons (Fsp3) is 0.333. The second kappa shape index (κ2) is 11.6. The fourth-order valence-electron chi connectivity index (χ4n) is 5.08. The molecule has 12 heteroatoms.